The summed E-state index contributed by atoms with van der Waals surface area (Å²) < 4.78 is 0. The van der Waals surface area contributed by atoms with Gasteiger partial charge in [-0.25, -0.2) is 0 Å². The van der Waals surface area contributed by atoms with Crippen LogP contribution < -0.4 is 5.23 Å². The minimum Gasteiger partial charge on any atom is -0.364 e. The number of hydrogen-bond acceptors (Lipinski definition) is 2. The Morgan fingerprint density at radius 1 is 1.06 bits per heavy atom. The quantitative estimate of drug-likeness (QED) is 0.501. The van der Waals surface area contributed by atoms with Crippen molar-refractivity contribution in [2.75, 3.05) is 19.6 Å². The van der Waals surface area contributed by atoms with Crippen molar-refractivity contribution in [1.29, 1.82) is 0 Å². The first-order valence-corrected chi connectivity index (χ1v) is 7.05. The van der Waals surface area contributed by atoms with E-state index in [-0.39, 0.29) is 0 Å². The molecule has 0 aromatic rings. The van der Waals surface area contributed by atoms with Gasteiger partial charge in [0.1, 0.15) is 0 Å². The molecule has 1 heterocycles. The highest BCUT2D eigenvalue weighted by molar-refractivity contribution is 6.04. The van der Waals surface area contributed by atoms with Gasteiger partial charge in [-0.15, -0.1) is 0 Å². The van der Waals surface area contributed by atoms with Gasteiger partial charge in [0.25, 0.3) is 0 Å². The first-order valence-electron chi connectivity index (χ1n) is 7.05. The molecule has 0 spiro atoms. The molecule has 0 amide bonds. The van der Waals surface area contributed by atoms with Crippen molar-refractivity contribution in [3.05, 3.63) is 0 Å². The first kappa shape index (κ1) is 14.0. The Bertz CT molecular complexity index is 156. The fraction of sp³-hybridized carbons (Fsp3) is 1.00. The Kier molecular flexibility index (Phi) is 7.95. The van der Waals surface area contributed by atoms with E-state index in [4.69, 9.17) is 7.98 Å². The molecular weight excluding hydrogens is 195 g/mol. The molecule has 1 saturated heterocycles. The zero-order chi connectivity index (χ0) is 11.6. The molecule has 2 radical (unpaired) electrons. The molecule has 0 atom stereocenters. The van der Waals surface area contributed by atoms with Gasteiger partial charge in [0.15, 0.2) is 7.98 Å². The maximum atomic E-state index is 5.45. The van der Waals surface area contributed by atoms with E-state index in [1.54, 1.807) is 0 Å². The Morgan fingerprint density at radius 3 is 2.31 bits per heavy atom. The molecule has 0 aliphatic carbocycles. The Balaban J connectivity index is 1.90. The molecule has 92 valence electrons. The van der Waals surface area contributed by atoms with Crippen molar-refractivity contribution >= 4 is 7.98 Å². The molecule has 2 nitrogen and oxygen atoms in total. The van der Waals surface area contributed by atoms with Crippen molar-refractivity contribution in [1.82, 2.24) is 10.1 Å². The van der Waals surface area contributed by atoms with Crippen LogP contribution in [0.2, 0.25) is 0 Å². The third-order valence-electron chi connectivity index (χ3n) is 3.65. The second-order valence-electron chi connectivity index (χ2n) is 5.05. The van der Waals surface area contributed by atoms with Gasteiger partial charge in [-0.05, 0) is 44.9 Å². The van der Waals surface area contributed by atoms with Gasteiger partial charge in [-0.2, -0.15) is 0 Å². The van der Waals surface area contributed by atoms with Gasteiger partial charge in [0, 0.05) is 0 Å². The highest BCUT2D eigenvalue weighted by Crippen LogP contribution is 2.11. The third-order valence-corrected chi connectivity index (χ3v) is 3.65. The molecule has 0 aromatic heterocycles. The van der Waals surface area contributed by atoms with Gasteiger partial charge in [0.2, 0.25) is 0 Å². The molecule has 1 N–H and O–H groups in total. The van der Waals surface area contributed by atoms with Crippen molar-refractivity contribution in [3.8, 4) is 0 Å². The molecule has 1 rings (SSSR count). The van der Waals surface area contributed by atoms with Crippen LogP contribution in [0.3, 0.4) is 0 Å². The number of nitrogens with zero attached hydrogens (tertiary/aromatic N) is 1. The minimum absolute atomic E-state index is 0.556. The van der Waals surface area contributed by atoms with Gasteiger partial charge in [-0.3, -0.25) is 0 Å². The van der Waals surface area contributed by atoms with E-state index in [1.807, 2.05) is 0 Å². The molecule has 16 heavy (non-hydrogen) atoms. The van der Waals surface area contributed by atoms with Crippen molar-refractivity contribution in [3.63, 3.8) is 0 Å². The topological polar surface area (TPSA) is 15.3 Å². The van der Waals surface area contributed by atoms with Gasteiger partial charge in [-0.1, -0.05) is 39.0 Å². The van der Waals surface area contributed by atoms with Crippen LogP contribution in [0, 0.1) is 0 Å². The standard InChI is InChI=1S/C13H27BN2/c1-2-3-4-5-6-7-10-16-11-8-13(15-14)9-12-16/h13,15H,2-12H2,1H3. The number of piperidine rings is 1. The Hall–Kier alpha value is -0.0151. The third kappa shape index (κ3) is 5.90. The van der Waals surface area contributed by atoms with Crippen LogP contribution >= 0.6 is 0 Å². The molecule has 0 bridgehead atoms. The van der Waals surface area contributed by atoms with Gasteiger partial charge >= 0.3 is 0 Å². The number of likely N-dealkylation sites (tertiary alicyclic amines) is 1. The summed E-state index contributed by atoms with van der Waals surface area (Å²) in [5.74, 6) is 0. The minimum atomic E-state index is 0.556. The molecule has 1 fully saturated rings. The van der Waals surface area contributed by atoms with Crippen molar-refractivity contribution in [2.24, 2.45) is 0 Å². The predicted octanol–water partition coefficient (Wildman–Crippen LogP) is 2.48. The summed E-state index contributed by atoms with van der Waals surface area (Å²) in [6.45, 7) is 6.02. The summed E-state index contributed by atoms with van der Waals surface area (Å²) in [5.41, 5.74) is 0. The number of nitrogens with one attached hydrogen (secondary N) is 1. The molecule has 0 saturated carbocycles. The van der Waals surface area contributed by atoms with E-state index in [2.05, 4.69) is 17.1 Å². The molecule has 1 aliphatic rings. The van der Waals surface area contributed by atoms with E-state index in [1.165, 1.54) is 71.0 Å². The first-order chi connectivity index (χ1) is 7.86. The SMILES string of the molecule is [B]NC1CCN(CCCCCCCC)CC1. The fourth-order valence-corrected chi connectivity index (χ4v) is 2.44. The monoisotopic (exact) mass is 222 g/mol. The maximum Gasteiger partial charge on any atom is 0.178 e. The van der Waals surface area contributed by atoms with E-state index < -0.39 is 0 Å². The largest absolute Gasteiger partial charge is 0.364 e. The second kappa shape index (κ2) is 9.06. The maximum absolute atomic E-state index is 5.45. The summed E-state index contributed by atoms with van der Waals surface area (Å²) in [6.07, 6.45) is 10.8. The summed E-state index contributed by atoms with van der Waals surface area (Å²) >= 11 is 0. The molecule has 3 heteroatoms. The van der Waals surface area contributed by atoms with E-state index in [9.17, 15) is 0 Å². The van der Waals surface area contributed by atoms with Crippen molar-refractivity contribution < 1.29 is 0 Å². The molecule has 0 aromatic carbocycles. The van der Waals surface area contributed by atoms with Crippen LogP contribution in [0.15, 0.2) is 0 Å². The normalized spacial score (nSPS) is 19.1. The lowest BCUT2D eigenvalue weighted by Gasteiger charge is -2.31. The van der Waals surface area contributed by atoms with Crippen LogP contribution in [0.4, 0.5) is 0 Å². The number of hydrogen-bond donors (Lipinski definition) is 1. The molecule has 0 unspecified atom stereocenters. The average molecular weight is 222 g/mol. The summed E-state index contributed by atoms with van der Waals surface area (Å²) in [5, 5.41) is 2.89. The van der Waals surface area contributed by atoms with E-state index in [0.717, 1.165) is 0 Å². The van der Waals surface area contributed by atoms with E-state index >= 15 is 0 Å². The van der Waals surface area contributed by atoms with Gasteiger partial charge in [0.05, 0.1) is 0 Å². The number of unbranched alkanes of at least 4 members (excludes halogenated alkanes) is 5. The smallest absolute Gasteiger partial charge is 0.178 e. The zero-order valence-corrected chi connectivity index (χ0v) is 10.9. The van der Waals surface area contributed by atoms with Crippen LogP contribution in [-0.4, -0.2) is 38.6 Å². The van der Waals surface area contributed by atoms with Gasteiger partial charge < -0.3 is 10.1 Å². The highest BCUT2D eigenvalue weighted by Gasteiger charge is 2.16. The molecular formula is C13H27BN2. The average Bonchev–Trinajstić information content (AvgIpc) is 2.34. The lowest BCUT2D eigenvalue weighted by Crippen LogP contribution is -2.41. The fourth-order valence-electron chi connectivity index (χ4n) is 2.44. The second-order valence-corrected chi connectivity index (χ2v) is 5.05. The van der Waals surface area contributed by atoms with Crippen LogP contribution in [0.5, 0.6) is 0 Å². The highest BCUT2D eigenvalue weighted by atomic mass is 15.1. The van der Waals surface area contributed by atoms with Crippen molar-refractivity contribution in [2.45, 2.75) is 64.3 Å². The summed E-state index contributed by atoms with van der Waals surface area (Å²) in [7, 11) is 5.45. The molecule has 1 aliphatic heterocycles. The zero-order valence-electron chi connectivity index (χ0n) is 10.9. The summed E-state index contributed by atoms with van der Waals surface area (Å²) in [6, 6.07) is 0.556. The summed E-state index contributed by atoms with van der Waals surface area (Å²) in [4.78, 5) is 2.59. The van der Waals surface area contributed by atoms with Crippen LogP contribution in [-0.2, 0) is 0 Å². The Labute approximate surface area is 103 Å². The lowest BCUT2D eigenvalue weighted by atomic mass is 10.0. The Morgan fingerprint density at radius 2 is 1.69 bits per heavy atom. The van der Waals surface area contributed by atoms with Crippen LogP contribution in [0.1, 0.15) is 58.3 Å². The lowest BCUT2D eigenvalue weighted by molar-refractivity contribution is 0.204. The van der Waals surface area contributed by atoms with Crippen LogP contribution in [0.25, 0.3) is 0 Å². The van der Waals surface area contributed by atoms with E-state index in [0.29, 0.717) is 6.04 Å². The predicted molar refractivity (Wildman–Crippen MR) is 71.7 cm³/mol. The number of rotatable bonds is 8.